The lowest BCUT2D eigenvalue weighted by molar-refractivity contribution is -0.132. The number of carbonyl (C=O) groups is 2. The molecule has 2 heterocycles. The lowest BCUT2D eigenvalue weighted by atomic mass is 9.98. The molecule has 9 heteroatoms. The third kappa shape index (κ3) is 5.32. The van der Waals surface area contributed by atoms with Gasteiger partial charge in [-0.1, -0.05) is 11.6 Å². The van der Waals surface area contributed by atoms with Crippen LogP contribution < -0.4 is 20.5 Å². The van der Waals surface area contributed by atoms with Crippen molar-refractivity contribution in [1.29, 1.82) is 0 Å². The Kier molecular flexibility index (Phi) is 6.65. The fourth-order valence-corrected chi connectivity index (χ4v) is 3.07. The summed E-state index contributed by atoms with van der Waals surface area (Å²) in [5, 5.41) is 0.631. The Balaban J connectivity index is 1.44. The Bertz CT molecular complexity index is 834. The highest BCUT2D eigenvalue weighted by Gasteiger charge is 2.27. The molecular weight excluding hydrogens is 382 g/mol. The summed E-state index contributed by atoms with van der Waals surface area (Å²) in [6, 6.07) is 6.89. The number of halogens is 1. The van der Waals surface area contributed by atoms with Crippen molar-refractivity contribution in [2.45, 2.75) is 19.8 Å². The predicted octanol–water partition coefficient (Wildman–Crippen LogP) is 1.88. The highest BCUT2D eigenvalue weighted by atomic mass is 35.5. The number of aryl methyl sites for hydroxylation is 1. The summed E-state index contributed by atoms with van der Waals surface area (Å²) in [4.78, 5) is 34.7. The lowest BCUT2D eigenvalue weighted by Crippen LogP contribution is -2.50. The maximum Gasteiger partial charge on any atom is 0.276 e. The molecule has 1 aliphatic rings. The minimum absolute atomic E-state index is 0.212. The van der Waals surface area contributed by atoms with E-state index in [-0.39, 0.29) is 18.4 Å². The molecule has 2 aromatic rings. The van der Waals surface area contributed by atoms with E-state index in [9.17, 15) is 9.59 Å². The molecule has 0 saturated carbocycles. The topological polar surface area (TPSA) is 96.5 Å². The van der Waals surface area contributed by atoms with Crippen molar-refractivity contribution in [3.8, 4) is 5.75 Å². The molecule has 3 rings (SSSR count). The van der Waals surface area contributed by atoms with Crippen LogP contribution in [0, 0.1) is 12.8 Å². The highest BCUT2D eigenvalue weighted by Crippen LogP contribution is 2.21. The lowest BCUT2D eigenvalue weighted by Gasteiger charge is -2.31. The van der Waals surface area contributed by atoms with E-state index in [4.69, 9.17) is 16.3 Å². The van der Waals surface area contributed by atoms with Gasteiger partial charge in [-0.2, -0.15) is 0 Å². The average molecular weight is 404 g/mol. The first-order valence-electron chi connectivity index (χ1n) is 9.02. The third-order valence-electron chi connectivity index (χ3n) is 4.45. The number of nitrogens with one attached hydrogen (secondary N) is 2. The SMILES string of the molecule is Cc1cc(OCC(=O)NNC(=O)[C@@H]2CCCN(c3ncccn3)C2)ccc1Cl. The second kappa shape index (κ2) is 9.36. The number of ether oxygens (including phenoxy) is 1. The summed E-state index contributed by atoms with van der Waals surface area (Å²) in [6.45, 7) is 2.94. The highest BCUT2D eigenvalue weighted by molar-refractivity contribution is 6.31. The summed E-state index contributed by atoms with van der Waals surface area (Å²) in [7, 11) is 0. The zero-order valence-corrected chi connectivity index (χ0v) is 16.3. The molecule has 1 saturated heterocycles. The van der Waals surface area contributed by atoms with Crippen molar-refractivity contribution in [3.05, 3.63) is 47.2 Å². The van der Waals surface area contributed by atoms with Crippen LogP contribution in [-0.4, -0.2) is 41.5 Å². The van der Waals surface area contributed by atoms with Crippen molar-refractivity contribution in [3.63, 3.8) is 0 Å². The van der Waals surface area contributed by atoms with Crippen molar-refractivity contribution in [2.75, 3.05) is 24.6 Å². The Morgan fingerprint density at radius 3 is 2.82 bits per heavy atom. The zero-order valence-electron chi connectivity index (χ0n) is 15.5. The first-order chi connectivity index (χ1) is 13.5. The normalized spacial score (nSPS) is 16.4. The number of hydrogen-bond donors (Lipinski definition) is 2. The number of amides is 2. The van der Waals surface area contributed by atoms with Gasteiger partial charge in [0, 0.05) is 30.5 Å². The molecule has 1 aliphatic heterocycles. The van der Waals surface area contributed by atoms with Crippen LogP contribution in [0.15, 0.2) is 36.7 Å². The van der Waals surface area contributed by atoms with Crippen LogP contribution in [-0.2, 0) is 9.59 Å². The molecule has 0 radical (unpaired) electrons. The van der Waals surface area contributed by atoms with E-state index in [1.54, 1.807) is 36.7 Å². The van der Waals surface area contributed by atoms with Gasteiger partial charge in [0.15, 0.2) is 6.61 Å². The smallest absolute Gasteiger partial charge is 0.276 e. The fourth-order valence-electron chi connectivity index (χ4n) is 2.95. The van der Waals surface area contributed by atoms with Crippen LogP contribution in [0.2, 0.25) is 5.02 Å². The maximum atomic E-state index is 12.4. The van der Waals surface area contributed by atoms with Crippen LogP contribution in [0.3, 0.4) is 0 Å². The second-order valence-corrected chi connectivity index (χ2v) is 6.98. The van der Waals surface area contributed by atoms with Crippen molar-refractivity contribution < 1.29 is 14.3 Å². The molecule has 2 N–H and O–H groups in total. The molecule has 28 heavy (non-hydrogen) atoms. The van der Waals surface area contributed by atoms with Gasteiger partial charge in [0.05, 0.1) is 5.92 Å². The minimum atomic E-state index is -0.444. The first kappa shape index (κ1) is 19.9. The van der Waals surface area contributed by atoms with E-state index < -0.39 is 5.91 Å². The predicted molar refractivity (Wildman–Crippen MR) is 105 cm³/mol. The summed E-state index contributed by atoms with van der Waals surface area (Å²) in [5.74, 6) is 0.207. The van der Waals surface area contributed by atoms with Gasteiger partial charge in [0.2, 0.25) is 11.9 Å². The van der Waals surface area contributed by atoms with Gasteiger partial charge in [0.25, 0.3) is 5.91 Å². The number of piperidine rings is 1. The quantitative estimate of drug-likeness (QED) is 0.740. The number of rotatable bonds is 5. The number of anilines is 1. The van der Waals surface area contributed by atoms with E-state index >= 15 is 0 Å². The monoisotopic (exact) mass is 403 g/mol. The standard InChI is InChI=1S/C19H22ClN5O3/c1-13-10-15(5-6-16(13)20)28-12-17(26)23-24-18(27)14-4-2-9-25(11-14)19-21-7-3-8-22-19/h3,5-8,10,14H,2,4,9,11-12H2,1H3,(H,23,26)(H,24,27)/t14-/m1/s1. The van der Waals surface area contributed by atoms with E-state index in [1.165, 1.54) is 0 Å². The molecular formula is C19H22ClN5O3. The Hall–Kier alpha value is -2.87. The number of hydrazine groups is 1. The number of aromatic nitrogens is 2. The van der Waals surface area contributed by atoms with E-state index in [2.05, 4.69) is 20.8 Å². The molecule has 1 aromatic carbocycles. The number of hydrogen-bond acceptors (Lipinski definition) is 6. The molecule has 1 fully saturated rings. The minimum Gasteiger partial charge on any atom is -0.484 e. The van der Waals surface area contributed by atoms with Gasteiger partial charge in [0.1, 0.15) is 5.75 Å². The average Bonchev–Trinajstić information content (AvgIpc) is 2.73. The molecule has 0 unspecified atom stereocenters. The molecule has 1 aromatic heterocycles. The first-order valence-corrected chi connectivity index (χ1v) is 9.40. The molecule has 2 amide bonds. The van der Waals surface area contributed by atoms with E-state index in [1.807, 2.05) is 11.8 Å². The molecule has 1 atom stereocenters. The summed E-state index contributed by atoms with van der Waals surface area (Å²) < 4.78 is 5.41. The summed E-state index contributed by atoms with van der Waals surface area (Å²) in [6.07, 6.45) is 4.94. The van der Waals surface area contributed by atoms with E-state index in [0.29, 0.717) is 23.3 Å². The van der Waals surface area contributed by atoms with Gasteiger partial charge >= 0.3 is 0 Å². The fraction of sp³-hybridized carbons (Fsp3) is 0.368. The summed E-state index contributed by atoms with van der Waals surface area (Å²) >= 11 is 5.96. The van der Waals surface area contributed by atoms with Gasteiger partial charge < -0.3 is 9.64 Å². The van der Waals surface area contributed by atoms with Gasteiger partial charge in [-0.3, -0.25) is 20.4 Å². The summed E-state index contributed by atoms with van der Waals surface area (Å²) in [5.41, 5.74) is 5.72. The molecule has 148 valence electrons. The van der Waals surface area contributed by atoms with Crippen LogP contribution >= 0.6 is 11.6 Å². The van der Waals surface area contributed by atoms with Crippen molar-refractivity contribution in [2.24, 2.45) is 5.92 Å². The van der Waals surface area contributed by atoms with Crippen LogP contribution in [0.4, 0.5) is 5.95 Å². The zero-order chi connectivity index (χ0) is 19.9. The molecule has 0 aliphatic carbocycles. The van der Waals surface area contributed by atoms with Crippen LogP contribution in [0.25, 0.3) is 0 Å². The van der Waals surface area contributed by atoms with Gasteiger partial charge in [-0.25, -0.2) is 9.97 Å². The Morgan fingerprint density at radius 1 is 1.29 bits per heavy atom. The van der Waals surface area contributed by atoms with Crippen molar-refractivity contribution in [1.82, 2.24) is 20.8 Å². The van der Waals surface area contributed by atoms with Gasteiger partial charge in [-0.05, 0) is 49.6 Å². The van der Waals surface area contributed by atoms with Gasteiger partial charge in [-0.15, -0.1) is 0 Å². The molecule has 0 spiro atoms. The van der Waals surface area contributed by atoms with Crippen LogP contribution in [0.1, 0.15) is 18.4 Å². The van der Waals surface area contributed by atoms with Crippen LogP contribution in [0.5, 0.6) is 5.75 Å². The van der Waals surface area contributed by atoms with E-state index in [0.717, 1.165) is 24.9 Å². The van der Waals surface area contributed by atoms with Crippen molar-refractivity contribution >= 4 is 29.4 Å². The maximum absolute atomic E-state index is 12.4. The Morgan fingerprint density at radius 2 is 2.07 bits per heavy atom. The second-order valence-electron chi connectivity index (χ2n) is 6.57. The molecule has 8 nitrogen and oxygen atoms in total. The number of nitrogens with zero attached hydrogens (tertiary/aromatic N) is 3. The third-order valence-corrected chi connectivity index (χ3v) is 4.88. The number of carbonyl (C=O) groups excluding carboxylic acids is 2. The number of benzene rings is 1. The Labute approximate surface area is 168 Å². The molecule has 0 bridgehead atoms. The largest absolute Gasteiger partial charge is 0.484 e.